The molecule has 4 aromatic carbocycles. The van der Waals surface area contributed by atoms with E-state index < -0.39 is 0 Å². The number of phenolic OH excluding ortho intramolecular Hbond substituents is 2. The van der Waals surface area contributed by atoms with Gasteiger partial charge in [0.1, 0.15) is 11.5 Å². The van der Waals surface area contributed by atoms with Crippen LogP contribution in [0.5, 0.6) is 11.5 Å². The lowest BCUT2D eigenvalue weighted by Gasteiger charge is -2.31. The maximum Gasteiger partial charge on any atom is 0.138 e. The van der Waals surface area contributed by atoms with Crippen LogP contribution < -0.4 is 0 Å². The van der Waals surface area contributed by atoms with Crippen LogP contribution in [-0.2, 0) is 37.0 Å². The molecule has 0 amide bonds. The van der Waals surface area contributed by atoms with Crippen molar-refractivity contribution in [2.24, 2.45) is 0 Å². The molecule has 44 heavy (non-hydrogen) atoms. The van der Waals surface area contributed by atoms with Crippen LogP contribution in [-0.4, -0.2) is 33.1 Å². The minimum absolute atomic E-state index is 0.0561. The molecule has 0 heterocycles. The lowest BCUT2D eigenvalue weighted by molar-refractivity contribution is 0.180. The quantitative estimate of drug-likeness (QED) is 0.173. The highest BCUT2D eigenvalue weighted by molar-refractivity contribution is 6.35. The van der Waals surface area contributed by atoms with Gasteiger partial charge in [-0.25, -0.2) is 0 Å². The molecule has 0 spiro atoms. The van der Waals surface area contributed by atoms with E-state index in [4.69, 9.17) is 23.2 Å². The smallest absolute Gasteiger partial charge is 0.138 e. The van der Waals surface area contributed by atoms with Crippen LogP contribution in [0.4, 0.5) is 0 Å². The molecule has 0 saturated carbocycles. The number of rotatable bonds is 11. The molecule has 6 heteroatoms. The maximum absolute atomic E-state index is 11.6. The van der Waals surface area contributed by atoms with E-state index >= 15 is 0 Å². The zero-order valence-corrected chi connectivity index (χ0v) is 28.4. The summed E-state index contributed by atoms with van der Waals surface area (Å²) in [7, 11) is 0. The Labute approximate surface area is 273 Å². The summed E-state index contributed by atoms with van der Waals surface area (Å²) in [6, 6.07) is 28.5. The summed E-state index contributed by atoms with van der Waals surface area (Å²) >= 11 is 12.6. The van der Waals surface area contributed by atoms with Gasteiger partial charge in [-0.05, 0) is 45.2 Å². The summed E-state index contributed by atoms with van der Waals surface area (Å²) in [5, 5.41) is 23.1. The molecule has 0 aliphatic rings. The molecule has 4 rings (SSSR count). The molecule has 0 saturated heterocycles. The fourth-order valence-corrected chi connectivity index (χ4v) is 5.97. The van der Waals surface area contributed by atoms with Gasteiger partial charge in [0.05, 0.1) is 5.02 Å². The van der Waals surface area contributed by atoms with E-state index in [0.717, 1.165) is 30.8 Å². The third-order valence-electron chi connectivity index (χ3n) is 7.99. The van der Waals surface area contributed by atoms with Gasteiger partial charge in [0, 0.05) is 55.4 Å². The number of halogens is 2. The average Bonchev–Trinajstić information content (AvgIpc) is 2.95. The summed E-state index contributed by atoms with van der Waals surface area (Å²) in [6.07, 6.45) is 0. The normalized spacial score (nSPS) is 12.3. The molecular formula is C38H46Cl2N2O2. The van der Waals surface area contributed by atoms with Crippen LogP contribution in [0.3, 0.4) is 0 Å². The van der Waals surface area contributed by atoms with E-state index in [1.54, 1.807) is 12.1 Å². The first-order chi connectivity index (χ1) is 20.7. The molecule has 2 N–H and O–H groups in total. The van der Waals surface area contributed by atoms with Crippen molar-refractivity contribution in [1.29, 1.82) is 0 Å². The van der Waals surface area contributed by atoms with Crippen molar-refractivity contribution >= 4 is 23.2 Å². The number of nitrogens with zero attached hydrogens (tertiary/aromatic N) is 2. The van der Waals surface area contributed by atoms with E-state index in [1.807, 2.05) is 24.3 Å². The van der Waals surface area contributed by atoms with Gasteiger partial charge in [-0.2, -0.15) is 0 Å². The predicted octanol–water partition coefficient (Wildman–Crippen LogP) is 9.70. The minimum atomic E-state index is -0.197. The van der Waals surface area contributed by atoms with Crippen LogP contribution >= 0.6 is 23.2 Å². The lowest BCUT2D eigenvalue weighted by atomic mass is 9.79. The molecule has 4 aromatic rings. The van der Waals surface area contributed by atoms with Crippen molar-refractivity contribution in [2.45, 2.75) is 78.6 Å². The summed E-state index contributed by atoms with van der Waals surface area (Å²) < 4.78 is 0. The predicted molar refractivity (Wildman–Crippen MR) is 185 cm³/mol. The molecular weight excluding hydrogens is 587 g/mol. The molecule has 0 radical (unpaired) electrons. The summed E-state index contributed by atoms with van der Waals surface area (Å²) in [5.74, 6) is 0.442. The molecule has 4 nitrogen and oxygen atoms in total. The molecule has 0 atom stereocenters. The molecule has 0 fully saturated rings. The van der Waals surface area contributed by atoms with Crippen molar-refractivity contribution in [2.75, 3.05) is 13.1 Å². The van der Waals surface area contributed by atoms with Crippen molar-refractivity contribution in [3.8, 4) is 11.5 Å². The molecule has 0 unspecified atom stereocenters. The van der Waals surface area contributed by atoms with Gasteiger partial charge in [0.15, 0.2) is 0 Å². The Morgan fingerprint density at radius 1 is 0.568 bits per heavy atom. The number of phenols is 2. The third kappa shape index (κ3) is 9.25. The zero-order valence-electron chi connectivity index (χ0n) is 26.9. The Hall–Kier alpha value is -3.02. The van der Waals surface area contributed by atoms with Crippen molar-refractivity contribution in [1.82, 2.24) is 9.80 Å². The fourth-order valence-electron chi connectivity index (χ4n) is 5.44. The second-order valence-electron chi connectivity index (χ2n) is 13.8. The van der Waals surface area contributed by atoms with E-state index in [0.29, 0.717) is 36.0 Å². The molecule has 0 aromatic heterocycles. The Bertz CT molecular complexity index is 1530. The Kier molecular flexibility index (Phi) is 11.1. The number of hydrogen-bond acceptors (Lipinski definition) is 4. The van der Waals surface area contributed by atoms with Gasteiger partial charge >= 0.3 is 0 Å². The van der Waals surface area contributed by atoms with E-state index in [9.17, 15) is 10.2 Å². The second kappa shape index (κ2) is 14.4. The van der Waals surface area contributed by atoms with Gasteiger partial charge in [0.2, 0.25) is 0 Å². The maximum atomic E-state index is 11.6. The van der Waals surface area contributed by atoms with Crippen molar-refractivity contribution in [3.05, 3.63) is 128 Å². The van der Waals surface area contributed by atoms with Crippen molar-refractivity contribution in [3.63, 3.8) is 0 Å². The minimum Gasteiger partial charge on any atom is -0.507 e. The number of hydrogen-bond donors (Lipinski definition) is 2. The van der Waals surface area contributed by atoms with E-state index in [-0.39, 0.29) is 21.6 Å². The highest BCUT2D eigenvalue weighted by Gasteiger charge is 2.26. The number of benzene rings is 4. The van der Waals surface area contributed by atoms with Crippen LogP contribution in [0, 0.1) is 0 Å². The lowest BCUT2D eigenvalue weighted by Crippen LogP contribution is -2.34. The highest BCUT2D eigenvalue weighted by Crippen LogP contribution is 2.38. The standard InChI is InChI=1S/C38H46Cl2N2O2/c1-37(2,3)31-19-29(35(43)33(21-31)38(4,5)6)25-41(23-27-13-9-7-10-14-27)17-18-42(24-28-15-11-8-12-16-28)26-30-20-32(39)22-34(40)36(30)44/h7-16,19-22,43-44H,17-18,23-26H2,1-6H3. The molecule has 0 aliphatic heterocycles. The topological polar surface area (TPSA) is 46.9 Å². The van der Waals surface area contributed by atoms with Crippen molar-refractivity contribution < 1.29 is 10.2 Å². The Morgan fingerprint density at radius 3 is 1.50 bits per heavy atom. The highest BCUT2D eigenvalue weighted by atomic mass is 35.5. The van der Waals surface area contributed by atoms with Gasteiger partial charge in [-0.1, -0.05) is 138 Å². The van der Waals surface area contributed by atoms with Gasteiger partial charge in [-0.3, -0.25) is 9.80 Å². The Balaban J connectivity index is 1.67. The largest absolute Gasteiger partial charge is 0.507 e. The first kappa shape index (κ1) is 33.9. The van der Waals surface area contributed by atoms with Crippen LogP contribution in [0.2, 0.25) is 10.0 Å². The molecule has 0 aliphatic carbocycles. The Morgan fingerprint density at radius 2 is 1.05 bits per heavy atom. The molecule has 234 valence electrons. The SMILES string of the molecule is CC(C)(C)c1cc(CN(CCN(Cc2ccccc2)Cc2cc(Cl)cc(Cl)c2O)Cc2ccccc2)c(O)c(C(C)(C)C)c1. The average molecular weight is 634 g/mol. The van der Waals surface area contributed by atoms with E-state index in [1.165, 1.54) is 16.7 Å². The fraction of sp³-hybridized carbons (Fsp3) is 0.368. The first-order valence-electron chi connectivity index (χ1n) is 15.3. The van der Waals surface area contributed by atoms with Crippen LogP contribution in [0.1, 0.15) is 74.9 Å². The third-order valence-corrected chi connectivity index (χ3v) is 8.49. The van der Waals surface area contributed by atoms with Gasteiger partial charge in [0.25, 0.3) is 0 Å². The van der Waals surface area contributed by atoms with Crippen LogP contribution in [0.15, 0.2) is 84.9 Å². The molecule has 0 bridgehead atoms. The summed E-state index contributed by atoms with van der Waals surface area (Å²) in [4.78, 5) is 4.70. The number of aromatic hydroxyl groups is 2. The van der Waals surface area contributed by atoms with Crippen LogP contribution in [0.25, 0.3) is 0 Å². The monoisotopic (exact) mass is 632 g/mol. The first-order valence-corrected chi connectivity index (χ1v) is 16.0. The van der Waals surface area contributed by atoms with Gasteiger partial charge < -0.3 is 10.2 Å². The van der Waals surface area contributed by atoms with E-state index in [2.05, 4.69) is 99.9 Å². The second-order valence-corrected chi connectivity index (χ2v) is 14.7. The summed E-state index contributed by atoms with van der Waals surface area (Å²) in [5.41, 5.74) is 5.96. The summed E-state index contributed by atoms with van der Waals surface area (Å²) in [6.45, 7) is 17.1. The van der Waals surface area contributed by atoms with Gasteiger partial charge in [-0.15, -0.1) is 0 Å². The zero-order chi connectivity index (χ0) is 32.1.